The minimum atomic E-state index is 0. The van der Waals surface area contributed by atoms with E-state index >= 15 is 0 Å². The van der Waals surface area contributed by atoms with E-state index in [0.717, 1.165) is 65.2 Å². The lowest BCUT2D eigenvalue weighted by Crippen LogP contribution is -2.44. The number of benzene rings is 1. The molecule has 1 atom stereocenters. The van der Waals surface area contributed by atoms with Crippen molar-refractivity contribution in [2.24, 2.45) is 16.1 Å². The lowest BCUT2D eigenvalue weighted by Gasteiger charge is -2.42. The number of pyridine rings is 1. The van der Waals surface area contributed by atoms with Crippen molar-refractivity contribution in [1.29, 1.82) is 0 Å². The van der Waals surface area contributed by atoms with Crippen LogP contribution < -0.4 is 10.6 Å². The topological polar surface area (TPSA) is 80.3 Å². The van der Waals surface area contributed by atoms with Gasteiger partial charge >= 0.3 is 0 Å². The molecule has 2 aliphatic heterocycles. The Morgan fingerprint density at radius 2 is 1.94 bits per heavy atom. The van der Waals surface area contributed by atoms with Gasteiger partial charge in [-0.1, -0.05) is 55.1 Å². The predicted molar refractivity (Wildman–Crippen MR) is 140 cm³/mol. The Labute approximate surface area is 210 Å². The number of aliphatic imine (C=N–C) groups is 1. The number of hydrogen-bond acceptors (Lipinski definition) is 7. The van der Waals surface area contributed by atoms with Gasteiger partial charge in [0.15, 0.2) is 0 Å². The van der Waals surface area contributed by atoms with Gasteiger partial charge in [0.05, 0.1) is 29.2 Å². The maximum Gasteiger partial charge on any atom is 0.147 e. The average Bonchev–Trinajstić information content (AvgIpc) is 3.36. The van der Waals surface area contributed by atoms with Crippen LogP contribution in [0.2, 0.25) is 5.02 Å². The van der Waals surface area contributed by atoms with Gasteiger partial charge in [0.25, 0.3) is 0 Å². The number of rotatable bonds is 2. The number of aromatic nitrogens is 3. The number of anilines is 1. The molecule has 0 saturated carbocycles. The molecule has 6 nitrogen and oxygen atoms in total. The van der Waals surface area contributed by atoms with E-state index in [0.29, 0.717) is 11.6 Å². The minimum Gasteiger partial charge on any atom is -0.355 e. The maximum atomic E-state index is 6.74. The van der Waals surface area contributed by atoms with Gasteiger partial charge in [0.2, 0.25) is 0 Å². The van der Waals surface area contributed by atoms with Crippen LogP contribution in [0.1, 0.15) is 54.5 Å². The minimum absolute atomic E-state index is 0. The summed E-state index contributed by atoms with van der Waals surface area (Å²) in [5, 5.41) is 1.53. The molecule has 1 saturated heterocycles. The molecule has 1 aromatic carbocycles. The lowest BCUT2D eigenvalue weighted by atomic mass is 9.73. The van der Waals surface area contributed by atoms with Gasteiger partial charge in [-0.15, -0.1) is 0 Å². The van der Waals surface area contributed by atoms with Gasteiger partial charge in [-0.3, -0.25) is 9.98 Å². The molecular formula is C26H29ClN6S. The fraction of sp³-hybridized carbons (Fsp3) is 0.385. The first kappa shape index (κ1) is 23.3. The third-order valence-corrected chi connectivity index (χ3v) is 8.98. The van der Waals surface area contributed by atoms with Gasteiger partial charge in [-0.25, -0.2) is 9.97 Å². The van der Waals surface area contributed by atoms with Crippen LogP contribution in [0.25, 0.3) is 0 Å². The molecule has 3 aliphatic rings. The summed E-state index contributed by atoms with van der Waals surface area (Å²) in [6, 6.07) is 10.7. The van der Waals surface area contributed by atoms with E-state index in [-0.39, 0.29) is 18.9 Å². The Hall–Kier alpha value is -2.48. The van der Waals surface area contributed by atoms with Crippen molar-refractivity contribution in [2.45, 2.75) is 51.1 Å². The first-order chi connectivity index (χ1) is 16.0. The second kappa shape index (κ2) is 8.95. The smallest absolute Gasteiger partial charge is 0.147 e. The Morgan fingerprint density at radius 1 is 1.15 bits per heavy atom. The number of hydrogen-bond donors (Lipinski definition) is 1. The normalized spacial score (nSPS) is 20.0. The number of piperidine rings is 1. The number of thioether (sulfide) groups is 1. The van der Waals surface area contributed by atoms with Crippen molar-refractivity contribution in [3.05, 3.63) is 76.0 Å². The van der Waals surface area contributed by atoms with Crippen LogP contribution in [0.5, 0.6) is 0 Å². The summed E-state index contributed by atoms with van der Waals surface area (Å²) in [6.07, 6.45) is 6.88. The van der Waals surface area contributed by atoms with E-state index in [4.69, 9.17) is 27.3 Å². The molecular weight excluding hydrogens is 464 g/mol. The van der Waals surface area contributed by atoms with Crippen LogP contribution in [-0.2, 0) is 13.0 Å². The van der Waals surface area contributed by atoms with Crippen LogP contribution in [0.15, 0.2) is 52.6 Å². The van der Waals surface area contributed by atoms with Crippen LogP contribution in [-0.4, -0.2) is 33.1 Å². The molecule has 8 heteroatoms. The third-order valence-electron chi connectivity index (χ3n) is 7.32. The van der Waals surface area contributed by atoms with E-state index in [1.54, 1.807) is 6.20 Å². The van der Waals surface area contributed by atoms with E-state index < -0.39 is 0 Å². The lowest BCUT2D eigenvalue weighted by molar-refractivity contribution is 0.187. The predicted octanol–water partition coefficient (Wildman–Crippen LogP) is 5.36. The summed E-state index contributed by atoms with van der Waals surface area (Å²) in [5.41, 5.74) is 12.3. The van der Waals surface area contributed by atoms with Crippen LogP contribution in [0.4, 0.5) is 5.82 Å². The third kappa shape index (κ3) is 3.80. The Balaban J connectivity index is 0.00000241. The van der Waals surface area contributed by atoms with Gasteiger partial charge in [-0.05, 0) is 48.8 Å². The maximum absolute atomic E-state index is 6.74. The molecule has 1 spiro atoms. The SMILES string of the molecule is C.Cc1nccc(SC2=NCc3nc(N4CCC5(CC4)Cc4ccccc4[C@H]5N)cnc32)c1Cl. The zero-order chi connectivity index (χ0) is 22.6. The Bertz CT molecular complexity index is 1270. The van der Waals surface area contributed by atoms with Gasteiger partial charge in [-0.2, -0.15) is 0 Å². The summed E-state index contributed by atoms with van der Waals surface area (Å²) in [4.78, 5) is 21.9. The molecule has 34 heavy (non-hydrogen) atoms. The molecule has 176 valence electrons. The Kier molecular flexibility index (Phi) is 6.12. The van der Waals surface area contributed by atoms with E-state index in [1.807, 2.05) is 19.2 Å². The van der Waals surface area contributed by atoms with Gasteiger partial charge in [0, 0.05) is 30.2 Å². The van der Waals surface area contributed by atoms with Crippen molar-refractivity contribution < 1.29 is 0 Å². The highest BCUT2D eigenvalue weighted by Gasteiger charge is 2.46. The van der Waals surface area contributed by atoms with E-state index in [9.17, 15) is 0 Å². The molecule has 2 aromatic heterocycles. The molecule has 0 unspecified atom stereocenters. The zero-order valence-electron chi connectivity index (χ0n) is 18.5. The van der Waals surface area contributed by atoms with Crippen molar-refractivity contribution in [3.63, 3.8) is 0 Å². The zero-order valence-corrected chi connectivity index (χ0v) is 20.0. The van der Waals surface area contributed by atoms with Crippen LogP contribution >= 0.6 is 23.4 Å². The fourth-order valence-corrected chi connectivity index (χ4v) is 6.55. The van der Waals surface area contributed by atoms with E-state index in [1.165, 1.54) is 22.9 Å². The summed E-state index contributed by atoms with van der Waals surface area (Å²) in [7, 11) is 0. The summed E-state index contributed by atoms with van der Waals surface area (Å²) in [6.45, 7) is 4.36. The number of aryl methyl sites for hydroxylation is 1. The first-order valence-electron chi connectivity index (χ1n) is 11.3. The quantitative estimate of drug-likeness (QED) is 0.518. The molecule has 3 aromatic rings. The highest BCUT2D eigenvalue weighted by molar-refractivity contribution is 8.14. The highest BCUT2D eigenvalue weighted by atomic mass is 35.5. The van der Waals surface area contributed by atoms with Crippen LogP contribution in [0.3, 0.4) is 0 Å². The first-order valence-corrected chi connectivity index (χ1v) is 12.5. The molecule has 0 amide bonds. The summed E-state index contributed by atoms with van der Waals surface area (Å²) in [5.74, 6) is 0.937. The van der Waals surface area contributed by atoms with Crippen LogP contribution in [0, 0.1) is 12.3 Å². The summed E-state index contributed by atoms with van der Waals surface area (Å²) < 4.78 is 0. The molecule has 0 radical (unpaired) electrons. The second-order valence-electron chi connectivity index (χ2n) is 9.16. The molecule has 6 rings (SSSR count). The molecule has 2 N–H and O–H groups in total. The second-order valence-corrected chi connectivity index (χ2v) is 10.6. The largest absolute Gasteiger partial charge is 0.355 e. The monoisotopic (exact) mass is 492 g/mol. The summed E-state index contributed by atoms with van der Waals surface area (Å²) >= 11 is 7.96. The number of fused-ring (bicyclic) bond motifs is 2. The Morgan fingerprint density at radius 3 is 2.74 bits per heavy atom. The number of halogens is 1. The molecule has 4 heterocycles. The van der Waals surface area contributed by atoms with Crippen molar-refractivity contribution in [3.8, 4) is 0 Å². The van der Waals surface area contributed by atoms with Gasteiger partial charge in [0.1, 0.15) is 16.6 Å². The molecule has 1 fully saturated rings. The van der Waals surface area contributed by atoms with Crippen molar-refractivity contribution >= 4 is 34.2 Å². The number of nitrogens with two attached hydrogens (primary N) is 1. The van der Waals surface area contributed by atoms with Gasteiger partial charge < -0.3 is 10.6 Å². The fourth-order valence-electron chi connectivity index (χ4n) is 5.35. The average molecular weight is 493 g/mol. The van der Waals surface area contributed by atoms with E-state index in [2.05, 4.69) is 39.1 Å². The number of nitrogens with zero attached hydrogens (tertiary/aromatic N) is 5. The molecule has 1 aliphatic carbocycles. The highest BCUT2D eigenvalue weighted by Crippen LogP contribution is 2.51. The molecule has 0 bridgehead atoms. The van der Waals surface area contributed by atoms with Crippen molar-refractivity contribution in [2.75, 3.05) is 18.0 Å². The van der Waals surface area contributed by atoms with Crippen molar-refractivity contribution in [1.82, 2.24) is 15.0 Å². The standard InChI is InChI=1S/C25H25ClN6S.CH4/c1-15-21(26)19(6-9-28-15)33-24-22-18(13-30-24)31-20(14-29-22)32-10-7-25(8-11-32)12-16-4-2-3-5-17(16)23(25)27;/h2-6,9,14,23H,7-8,10-13,27H2,1H3;1H4/t23-;/m1./s1.